The summed E-state index contributed by atoms with van der Waals surface area (Å²) in [5.41, 5.74) is 2.31. The minimum atomic E-state index is 0.0705. The Morgan fingerprint density at radius 2 is 2.30 bits per heavy atom. The van der Waals surface area contributed by atoms with E-state index in [4.69, 9.17) is 16.3 Å². The molecule has 0 atom stereocenters. The molecule has 3 rings (SSSR count). The molecule has 23 heavy (non-hydrogen) atoms. The van der Waals surface area contributed by atoms with Crippen LogP contribution in [0.2, 0.25) is 5.02 Å². The second-order valence-electron chi connectivity index (χ2n) is 5.48. The van der Waals surface area contributed by atoms with Crippen LogP contribution >= 0.6 is 27.5 Å². The van der Waals surface area contributed by atoms with Crippen LogP contribution < -0.4 is 10.1 Å². The van der Waals surface area contributed by atoms with Gasteiger partial charge in [0.05, 0.1) is 23.5 Å². The highest BCUT2D eigenvalue weighted by atomic mass is 79.9. The van der Waals surface area contributed by atoms with Crippen LogP contribution in [0.4, 0.5) is 5.69 Å². The van der Waals surface area contributed by atoms with Crippen LogP contribution in [0.25, 0.3) is 11.3 Å². The number of amides is 1. The Kier molecular flexibility index (Phi) is 4.92. The van der Waals surface area contributed by atoms with Gasteiger partial charge in [0, 0.05) is 29.5 Å². The van der Waals surface area contributed by atoms with Gasteiger partial charge in [-0.1, -0.05) is 27.5 Å². The monoisotopic (exact) mass is 397 g/mol. The number of halogens is 2. The lowest BCUT2D eigenvalue weighted by atomic mass is 10.1. The molecule has 0 spiro atoms. The summed E-state index contributed by atoms with van der Waals surface area (Å²) in [6.45, 7) is 0.538. The van der Waals surface area contributed by atoms with E-state index in [1.807, 2.05) is 25.2 Å². The number of alkyl halides is 1. The number of rotatable bonds is 6. The molecule has 0 radical (unpaired) electrons. The molecule has 0 aliphatic heterocycles. The first-order valence-electron chi connectivity index (χ1n) is 7.41. The van der Waals surface area contributed by atoms with Gasteiger partial charge in [-0.05, 0) is 31.0 Å². The molecule has 1 N–H and O–H groups in total. The average molecular weight is 399 g/mol. The number of hydrogen-bond acceptors (Lipinski definition) is 3. The molecule has 7 heteroatoms. The Hall–Kier alpha value is -1.53. The highest BCUT2D eigenvalue weighted by molar-refractivity contribution is 9.09. The number of carbonyl (C=O) groups is 1. The standard InChI is InChI=1S/C16H17BrClN3O2/c1-21-15(13(18)9-19-21)12-8-11(20-16(22)10-2-3-10)4-5-14(12)23-7-6-17/h4-5,8-10H,2-3,6-7H2,1H3,(H,20,22). The third-order valence-corrected chi connectivity index (χ3v) is 4.28. The Morgan fingerprint density at radius 3 is 2.91 bits per heavy atom. The van der Waals surface area contributed by atoms with E-state index in [9.17, 15) is 4.79 Å². The summed E-state index contributed by atoms with van der Waals surface area (Å²) in [6.07, 6.45) is 3.54. The van der Waals surface area contributed by atoms with Crippen LogP contribution in [0, 0.1) is 5.92 Å². The number of carbonyl (C=O) groups excluding carboxylic acids is 1. The van der Waals surface area contributed by atoms with Crippen molar-refractivity contribution in [3.8, 4) is 17.0 Å². The molecule has 1 heterocycles. The van der Waals surface area contributed by atoms with Crippen LogP contribution in [0.5, 0.6) is 5.75 Å². The normalized spacial score (nSPS) is 13.9. The topological polar surface area (TPSA) is 56.2 Å². The van der Waals surface area contributed by atoms with Crippen molar-refractivity contribution < 1.29 is 9.53 Å². The molecule has 2 aromatic rings. The highest BCUT2D eigenvalue weighted by Crippen LogP contribution is 2.37. The van der Waals surface area contributed by atoms with Gasteiger partial charge in [-0.3, -0.25) is 9.48 Å². The molecule has 1 aliphatic rings. The molecule has 0 saturated heterocycles. The van der Waals surface area contributed by atoms with E-state index in [2.05, 4.69) is 26.3 Å². The maximum absolute atomic E-state index is 12.0. The van der Waals surface area contributed by atoms with Crippen LogP contribution in [-0.4, -0.2) is 27.6 Å². The summed E-state index contributed by atoms with van der Waals surface area (Å²) in [7, 11) is 1.82. The first-order chi connectivity index (χ1) is 11.1. The van der Waals surface area contributed by atoms with E-state index < -0.39 is 0 Å². The Bertz CT molecular complexity index is 709. The van der Waals surface area contributed by atoms with Gasteiger partial charge < -0.3 is 10.1 Å². The zero-order valence-corrected chi connectivity index (χ0v) is 15.0. The number of aromatic nitrogens is 2. The van der Waals surface area contributed by atoms with Crippen molar-refractivity contribution in [1.82, 2.24) is 9.78 Å². The smallest absolute Gasteiger partial charge is 0.227 e. The number of hydrogen-bond donors (Lipinski definition) is 1. The number of aryl methyl sites for hydroxylation is 1. The van der Waals surface area contributed by atoms with E-state index in [1.165, 1.54) is 0 Å². The zero-order chi connectivity index (χ0) is 16.4. The van der Waals surface area contributed by atoms with Crippen LogP contribution in [-0.2, 0) is 11.8 Å². The minimum Gasteiger partial charge on any atom is -0.492 e. The average Bonchev–Trinajstić information content (AvgIpc) is 3.32. The van der Waals surface area contributed by atoms with Gasteiger partial charge >= 0.3 is 0 Å². The SMILES string of the molecule is Cn1ncc(Cl)c1-c1cc(NC(=O)C2CC2)ccc1OCCBr. The molecule has 1 aromatic carbocycles. The lowest BCUT2D eigenvalue weighted by molar-refractivity contribution is -0.117. The lowest BCUT2D eigenvalue weighted by Gasteiger charge is -2.14. The van der Waals surface area contributed by atoms with Crippen molar-refractivity contribution >= 4 is 39.1 Å². The fraction of sp³-hybridized carbons (Fsp3) is 0.375. The van der Waals surface area contributed by atoms with Gasteiger partial charge in [-0.25, -0.2) is 0 Å². The van der Waals surface area contributed by atoms with Gasteiger partial charge in [0.25, 0.3) is 0 Å². The second kappa shape index (κ2) is 6.93. The highest BCUT2D eigenvalue weighted by Gasteiger charge is 2.29. The number of nitrogens with one attached hydrogen (secondary N) is 1. The Balaban J connectivity index is 1.96. The van der Waals surface area contributed by atoms with E-state index in [-0.39, 0.29) is 11.8 Å². The zero-order valence-electron chi connectivity index (χ0n) is 12.7. The Morgan fingerprint density at radius 1 is 1.52 bits per heavy atom. The van der Waals surface area contributed by atoms with Crippen LogP contribution in [0.1, 0.15) is 12.8 Å². The molecule has 0 unspecified atom stereocenters. The van der Waals surface area contributed by atoms with Crippen LogP contribution in [0.15, 0.2) is 24.4 Å². The molecule has 122 valence electrons. The first kappa shape index (κ1) is 16.3. The van der Waals surface area contributed by atoms with Gasteiger partial charge in [0.15, 0.2) is 0 Å². The fourth-order valence-electron chi connectivity index (χ4n) is 2.37. The Labute approximate surface area is 148 Å². The van der Waals surface area contributed by atoms with Crippen molar-refractivity contribution in [3.63, 3.8) is 0 Å². The number of nitrogens with zero attached hydrogens (tertiary/aromatic N) is 2. The van der Waals surface area contributed by atoms with E-state index in [1.54, 1.807) is 10.9 Å². The quantitative estimate of drug-likeness (QED) is 0.752. The molecule has 5 nitrogen and oxygen atoms in total. The van der Waals surface area contributed by atoms with Crippen molar-refractivity contribution in [1.29, 1.82) is 0 Å². The molecular weight excluding hydrogens is 382 g/mol. The number of benzene rings is 1. The van der Waals surface area contributed by atoms with Gasteiger partial charge in [0.1, 0.15) is 5.75 Å². The third kappa shape index (κ3) is 3.70. The number of anilines is 1. The fourth-order valence-corrected chi connectivity index (χ4v) is 2.80. The number of ether oxygens (including phenoxy) is 1. The van der Waals surface area contributed by atoms with Gasteiger partial charge in [-0.15, -0.1) is 0 Å². The molecule has 1 saturated carbocycles. The minimum absolute atomic E-state index is 0.0705. The van der Waals surface area contributed by atoms with Gasteiger partial charge in [-0.2, -0.15) is 5.10 Å². The molecule has 1 fully saturated rings. The summed E-state index contributed by atoms with van der Waals surface area (Å²) in [6, 6.07) is 5.58. The lowest BCUT2D eigenvalue weighted by Crippen LogP contribution is -2.13. The summed E-state index contributed by atoms with van der Waals surface area (Å²) >= 11 is 9.62. The molecule has 1 aromatic heterocycles. The summed E-state index contributed by atoms with van der Waals surface area (Å²) in [5, 5.41) is 8.40. The van der Waals surface area contributed by atoms with Crippen molar-refractivity contribution in [2.24, 2.45) is 13.0 Å². The summed E-state index contributed by atoms with van der Waals surface area (Å²) < 4.78 is 7.48. The summed E-state index contributed by atoms with van der Waals surface area (Å²) in [5.74, 6) is 0.934. The maximum atomic E-state index is 12.0. The van der Waals surface area contributed by atoms with Crippen LogP contribution in [0.3, 0.4) is 0 Å². The molecule has 1 amide bonds. The predicted octanol–water partition coefficient (Wildman–Crippen LogP) is 3.86. The summed E-state index contributed by atoms with van der Waals surface area (Å²) in [4.78, 5) is 12.0. The molecule has 0 bridgehead atoms. The van der Waals surface area contributed by atoms with Gasteiger partial charge in [0.2, 0.25) is 5.91 Å². The van der Waals surface area contributed by atoms with E-state index >= 15 is 0 Å². The van der Waals surface area contributed by atoms with E-state index in [0.717, 1.165) is 35.1 Å². The molecular formula is C16H17BrClN3O2. The van der Waals surface area contributed by atoms with Crippen molar-refractivity contribution in [2.45, 2.75) is 12.8 Å². The maximum Gasteiger partial charge on any atom is 0.227 e. The largest absolute Gasteiger partial charge is 0.492 e. The predicted molar refractivity (Wildman–Crippen MR) is 94.3 cm³/mol. The first-order valence-corrected chi connectivity index (χ1v) is 8.91. The third-order valence-electron chi connectivity index (χ3n) is 3.68. The second-order valence-corrected chi connectivity index (χ2v) is 6.68. The van der Waals surface area contributed by atoms with Crippen molar-refractivity contribution in [3.05, 3.63) is 29.4 Å². The van der Waals surface area contributed by atoms with E-state index in [0.29, 0.717) is 17.4 Å². The van der Waals surface area contributed by atoms with Crippen molar-refractivity contribution in [2.75, 3.05) is 17.3 Å². The molecule has 1 aliphatic carbocycles.